The van der Waals surface area contributed by atoms with Crippen LogP contribution in [0.25, 0.3) is 0 Å². The molecule has 3 atom stereocenters. The van der Waals surface area contributed by atoms with E-state index in [1.54, 1.807) is 0 Å². The summed E-state index contributed by atoms with van der Waals surface area (Å²) in [5.74, 6) is 1.26. The van der Waals surface area contributed by atoms with Gasteiger partial charge in [0.15, 0.2) is 6.61 Å². The predicted molar refractivity (Wildman–Crippen MR) is 98.0 cm³/mol. The van der Waals surface area contributed by atoms with Gasteiger partial charge in [0.1, 0.15) is 17.5 Å². The van der Waals surface area contributed by atoms with Crippen molar-refractivity contribution in [2.24, 2.45) is 0 Å². The highest BCUT2D eigenvalue weighted by molar-refractivity contribution is 8.01. The van der Waals surface area contributed by atoms with Gasteiger partial charge < -0.3 is 15.0 Å². The molecule has 2 aliphatic heterocycles. The number of amides is 2. The lowest BCUT2D eigenvalue weighted by molar-refractivity contribution is -0.163. The van der Waals surface area contributed by atoms with Gasteiger partial charge in [-0.25, -0.2) is 4.79 Å². The number of β-lactam (4-membered cyclic amide) rings is 1. The summed E-state index contributed by atoms with van der Waals surface area (Å²) < 4.78 is 4.51. The number of ether oxygens (including phenoxy) is 1. The summed E-state index contributed by atoms with van der Waals surface area (Å²) in [6, 6.07) is 7.99. The Kier molecular flexibility index (Phi) is 4.97. The summed E-state index contributed by atoms with van der Waals surface area (Å²) in [4.78, 5) is 38.6. The van der Waals surface area contributed by atoms with E-state index in [2.05, 4.69) is 11.2 Å². The summed E-state index contributed by atoms with van der Waals surface area (Å²) in [6.45, 7) is 3.64. The fourth-order valence-electron chi connectivity index (χ4n) is 3.32. The number of esters is 1. The minimum atomic E-state index is -0.708. The van der Waals surface area contributed by atoms with Crippen molar-refractivity contribution in [1.29, 1.82) is 0 Å². The fourth-order valence-corrected chi connectivity index (χ4v) is 4.94. The summed E-state index contributed by atoms with van der Waals surface area (Å²) in [7, 11) is 0. The van der Waals surface area contributed by atoms with E-state index in [4.69, 9.17) is 11.2 Å². The second-order valence-corrected chi connectivity index (χ2v) is 8.55. The predicted octanol–water partition coefficient (Wildman–Crippen LogP) is 0.953. The van der Waals surface area contributed by atoms with Crippen LogP contribution in [0.1, 0.15) is 19.4 Å². The molecule has 1 aromatic carbocycles. The van der Waals surface area contributed by atoms with Crippen LogP contribution >= 0.6 is 11.8 Å². The third-order valence-corrected chi connectivity index (χ3v) is 6.06. The van der Waals surface area contributed by atoms with Crippen LogP contribution in [-0.2, 0) is 25.5 Å². The lowest BCUT2D eigenvalue weighted by atomic mass is 9.96. The molecule has 26 heavy (non-hydrogen) atoms. The number of hydrogen-bond acceptors (Lipinski definition) is 5. The standard InChI is InChI=1S/C19H20N2O4S/c1-4-10-25-18(24)15-19(2,3)26-17-14(16(23)21(15)17)20-13(22)11-12-8-6-5-7-9-12/h1,5-9,14-15,17H,10-11H2,2-3H3,(H,20,22)/t14-,15+,17-/m1/s1. The smallest absolute Gasteiger partial charge is 0.331 e. The van der Waals surface area contributed by atoms with Crippen LogP contribution in [0.3, 0.4) is 0 Å². The zero-order valence-corrected chi connectivity index (χ0v) is 15.4. The molecule has 0 aliphatic carbocycles. The molecule has 136 valence electrons. The first kappa shape index (κ1) is 18.3. The molecular formula is C19H20N2O4S. The van der Waals surface area contributed by atoms with Gasteiger partial charge in [-0.1, -0.05) is 36.3 Å². The van der Waals surface area contributed by atoms with Gasteiger partial charge in [0.2, 0.25) is 11.8 Å². The van der Waals surface area contributed by atoms with Crippen LogP contribution in [-0.4, -0.2) is 51.5 Å². The maximum absolute atomic E-state index is 12.6. The second kappa shape index (κ2) is 7.04. The number of terminal acetylenes is 1. The normalized spacial score (nSPS) is 25.7. The number of benzene rings is 1. The molecule has 2 aliphatic rings. The molecule has 2 saturated heterocycles. The quantitative estimate of drug-likeness (QED) is 0.473. The number of thioether (sulfide) groups is 1. The van der Waals surface area contributed by atoms with Gasteiger partial charge in [0, 0.05) is 4.75 Å². The molecule has 1 N–H and O–H groups in total. The highest BCUT2D eigenvalue weighted by Gasteiger charge is 2.64. The Morgan fingerprint density at radius 2 is 2.04 bits per heavy atom. The summed E-state index contributed by atoms with van der Waals surface area (Å²) in [6.07, 6.45) is 5.33. The third kappa shape index (κ3) is 3.29. The molecule has 2 heterocycles. The van der Waals surface area contributed by atoms with Gasteiger partial charge in [0.05, 0.1) is 6.42 Å². The van der Waals surface area contributed by atoms with Crippen LogP contribution in [0.4, 0.5) is 0 Å². The number of carbonyl (C=O) groups is 3. The average molecular weight is 372 g/mol. The van der Waals surface area contributed by atoms with E-state index in [1.807, 2.05) is 44.2 Å². The fraction of sp³-hybridized carbons (Fsp3) is 0.421. The van der Waals surface area contributed by atoms with E-state index in [0.717, 1.165) is 5.56 Å². The number of nitrogens with one attached hydrogen (secondary N) is 1. The van der Waals surface area contributed by atoms with Crippen molar-refractivity contribution >= 4 is 29.5 Å². The van der Waals surface area contributed by atoms with E-state index in [0.29, 0.717) is 0 Å². The molecule has 3 rings (SSSR count). The van der Waals surface area contributed by atoms with E-state index >= 15 is 0 Å². The van der Waals surface area contributed by atoms with Gasteiger partial charge in [-0.2, -0.15) is 0 Å². The van der Waals surface area contributed by atoms with Gasteiger partial charge in [-0.05, 0) is 19.4 Å². The first-order valence-electron chi connectivity index (χ1n) is 8.28. The lowest BCUT2D eigenvalue weighted by Gasteiger charge is -2.43. The van der Waals surface area contributed by atoms with Crippen LogP contribution in [0, 0.1) is 12.3 Å². The van der Waals surface area contributed by atoms with Crippen molar-refractivity contribution in [3.05, 3.63) is 35.9 Å². The summed E-state index contributed by atoms with van der Waals surface area (Å²) in [5, 5.41) is 2.51. The monoisotopic (exact) mass is 372 g/mol. The van der Waals surface area contributed by atoms with Crippen molar-refractivity contribution < 1.29 is 19.1 Å². The number of nitrogens with zero attached hydrogens (tertiary/aromatic N) is 1. The largest absolute Gasteiger partial charge is 0.451 e. The molecule has 0 radical (unpaired) electrons. The Bertz CT molecular complexity index is 771. The van der Waals surface area contributed by atoms with Crippen molar-refractivity contribution in [1.82, 2.24) is 10.2 Å². The van der Waals surface area contributed by atoms with E-state index in [1.165, 1.54) is 16.7 Å². The van der Waals surface area contributed by atoms with Crippen molar-refractivity contribution in [3.63, 3.8) is 0 Å². The van der Waals surface area contributed by atoms with E-state index in [9.17, 15) is 14.4 Å². The molecule has 0 spiro atoms. The number of fused-ring (bicyclic) bond motifs is 1. The Morgan fingerprint density at radius 1 is 1.35 bits per heavy atom. The van der Waals surface area contributed by atoms with Gasteiger partial charge in [0.25, 0.3) is 0 Å². The zero-order valence-electron chi connectivity index (χ0n) is 14.6. The van der Waals surface area contributed by atoms with Crippen molar-refractivity contribution in [3.8, 4) is 12.3 Å². The van der Waals surface area contributed by atoms with Crippen molar-refractivity contribution in [2.75, 3.05) is 6.61 Å². The number of hydrogen-bond donors (Lipinski definition) is 1. The minimum Gasteiger partial charge on any atom is -0.451 e. The highest BCUT2D eigenvalue weighted by atomic mass is 32.2. The van der Waals surface area contributed by atoms with E-state index < -0.39 is 22.8 Å². The molecule has 0 saturated carbocycles. The second-order valence-electron chi connectivity index (χ2n) is 6.78. The highest BCUT2D eigenvalue weighted by Crippen LogP contribution is 2.51. The maximum atomic E-state index is 12.6. The SMILES string of the molecule is C#CCOC(=O)[C@@H]1N2C(=O)[C@@H](NC(=O)Cc3ccccc3)[C@H]2SC1(C)C. The Labute approximate surface area is 156 Å². The van der Waals surface area contributed by atoms with Crippen LogP contribution in [0.5, 0.6) is 0 Å². The third-order valence-electron chi connectivity index (χ3n) is 4.49. The average Bonchev–Trinajstić information content (AvgIpc) is 2.86. The first-order valence-corrected chi connectivity index (χ1v) is 9.16. The summed E-state index contributed by atoms with van der Waals surface area (Å²) in [5.41, 5.74) is 0.878. The van der Waals surface area contributed by atoms with Gasteiger partial charge in [-0.15, -0.1) is 18.2 Å². The molecule has 0 aromatic heterocycles. The summed E-state index contributed by atoms with van der Waals surface area (Å²) >= 11 is 1.49. The first-order chi connectivity index (χ1) is 12.3. The molecule has 2 fully saturated rings. The van der Waals surface area contributed by atoms with Crippen LogP contribution in [0.2, 0.25) is 0 Å². The van der Waals surface area contributed by atoms with Gasteiger partial charge >= 0.3 is 5.97 Å². The van der Waals surface area contributed by atoms with Crippen molar-refractivity contribution in [2.45, 2.75) is 42.5 Å². The Balaban J connectivity index is 1.65. The topological polar surface area (TPSA) is 75.7 Å². The zero-order chi connectivity index (χ0) is 18.9. The van der Waals surface area contributed by atoms with Crippen LogP contribution < -0.4 is 5.32 Å². The van der Waals surface area contributed by atoms with E-state index in [-0.39, 0.29) is 30.2 Å². The minimum absolute atomic E-state index is 0.125. The Hall–Kier alpha value is -2.46. The molecule has 2 amide bonds. The maximum Gasteiger partial charge on any atom is 0.331 e. The molecule has 6 nitrogen and oxygen atoms in total. The number of rotatable bonds is 5. The molecule has 0 unspecified atom stereocenters. The molecule has 0 bridgehead atoms. The lowest BCUT2D eigenvalue weighted by Crippen LogP contribution is -2.70. The molecular weight excluding hydrogens is 352 g/mol. The van der Waals surface area contributed by atoms with Gasteiger partial charge in [-0.3, -0.25) is 9.59 Å². The Morgan fingerprint density at radius 3 is 2.69 bits per heavy atom. The molecule has 1 aromatic rings. The molecule has 7 heteroatoms. The van der Waals surface area contributed by atoms with Crippen LogP contribution in [0.15, 0.2) is 30.3 Å². The number of carbonyl (C=O) groups excluding carboxylic acids is 3.